The molecule has 1 aliphatic rings. The Balaban J connectivity index is 1.90. The Hall–Kier alpha value is -3.24. The summed E-state index contributed by atoms with van der Waals surface area (Å²) in [5, 5.41) is 5.60. The lowest BCUT2D eigenvalue weighted by Gasteiger charge is -2.36. The molecule has 0 aliphatic carbocycles. The molecule has 0 bridgehead atoms. The number of nitrogens with one attached hydrogen (secondary N) is 2. The second kappa shape index (κ2) is 13.2. The lowest BCUT2D eigenvalue weighted by atomic mass is 10.0. The summed E-state index contributed by atoms with van der Waals surface area (Å²) in [7, 11) is 3.45. The van der Waals surface area contributed by atoms with Gasteiger partial charge < -0.3 is 25.0 Å². The number of ether oxygens (including phenoxy) is 2. The molecule has 2 heterocycles. The zero-order valence-electron chi connectivity index (χ0n) is 21.9. The van der Waals surface area contributed by atoms with E-state index in [-0.39, 0.29) is 30.0 Å². The van der Waals surface area contributed by atoms with Crippen molar-refractivity contribution in [2.45, 2.75) is 45.9 Å². The van der Waals surface area contributed by atoms with Crippen LogP contribution in [-0.2, 0) is 11.3 Å². The fourth-order valence-electron chi connectivity index (χ4n) is 4.20. The van der Waals surface area contributed by atoms with Gasteiger partial charge in [-0.2, -0.15) is 0 Å². The number of amides is 3. The van der Waals surface area contributed by atoms with E-state index in [0.717, 1.165) is 18.5 Å². The molecule has 10 heteroatoms. The van der Waals surface area contributed by atoms with Gasteiger partial charge in [-0.05, 0) is 31.4 Å². The molecule has 10 nitrogen and oxygen atoms in total. The molecule has 3 amide bonds. The smallest absolute Gasteiger partial charge is 0.319 e. The zero-order valence-corrected chi connectivity index (χ0v) is 21.9. The highest BCUT2D eigenvalue weighted by Gasteiger charge is 2.28. The number of carbonyl (C=O) groups is 2. The van der Waals surface area contributed by atoms with Gasteiger partial charge in [-0.25, -0.2) is 14.8 Å². The van der Waals surface area contributed by atoms with E-state index >= 15 is 0 Å². The van der Waals surface area contributed by atoms with E-state index < -0.39 is 0 Å². The summed E-state index contributed by atoms with van der Waals surface area (Å²) >= 11 is 0. The highest BCUT2D eigenvalue weighted by atomic mass is 16.5. The van der Waals surface area contributed by atoms with Crippen LogP contribution in [0.2, 0.25) is 0 Å². The minimum Gasteiger partial charge on any atom is -0.491 e. The molecule has 1 aliphatic heterocycles. The summed E-state index contributed by atoms with van der Waals surface area (Å²) < 4.78 is 12.0. The maximum absolute atomic E-state index is 13.3. The van der Waals surface area contributed by atoms with Crippen LogP contribution in [-0.4, -0.2) is 84.3 Å². The van der Waals surface area contributed by atoms with E-state index in [4.69, 9.17) is 9.47 Å². The first-order valence-corrected chi connectivity index (χ1v) is 12.4. The maximum Gasteiger partial charge on any atom is 0.319 e. The van der Waals surface area contributed by atoms with Crippen molar-refractivity contribution in [2.24, 2.45) is 5.92 Å². The number of nitrogens with zero attached hydrogens (tertiary/aromatic N) is 4. The molecule has 196 valence electrons. The van der Waals surface area contributed by atoms with Gasteiger partial charge in [0.15, 0.2) is 0 Å². The van der Waals surface area contributed by atoms with Crippen molar-refractivity contribution in [3.63, 3.8) is 0 Å². The number of carbonyl (C=O) groups excluding carboxylic acids is 2. The van der Waals surface area contributed by atoms with Crippen molar-refractivity contribution in [1.29, 1.82) is 0 Å². The Kier molecular flexibility index (Phi) is 10.0. The molecular weight excluding hydrogens is 460 g/mol. The van der Waals surface area contributed by atoms with Gasteiger partial charge in [-0.1, -0.05) is 13.8 Å². The molecule has 2 N–H and O–H groups in total. The lowest BCUT2D eigenvalue weighted by molar-refractivity contribution is 0.00918. The molecular formula is C26H38N6O4. The van der Waals surface area contributed by atoms with Crippen LogP contribution < -0.4 is 15.4 Å². The fourth-order valence-corrected chi connectivity index (χ4v) is 4.20. The van der Waals surface area contributed by atoms with Crippen LogP contribution in [0.15, 0.2) is 36.9 Å². The normalized spacial score (nSPS) is 21.5. The van der Waals surface area contributed by atoms with E-state index in [1.807, 2.05) is 19.3 Å². The lowest BCUT2D eigenvalue weighted by Crippen LogP contribution is -2.46. The maximum atomic E-state index is 13.3. The number of rotatable bonds is 6. The van der Waals surface area contributed by atoms with Crippen molar-refractivity contribution >= 4 is 17.6 Å². The minimum absolute atomic E-state index is 0.0229. The Morgan fingerprint density at radius 3 is 2.67 bits per heavy atom. The molecule has 3 atom stereocenters. The number of hydrogen-bond acceptors (Lipinski definition) is 7. The van der Waals surface area contributed by atoms with Crippen LogP contribution in [0.1, 0.15) is 43.1 Å². The number of likely N-dealkylation sites (N-methyl/N-ethyl adjacent to an activating group) is 1. The number of aromatic nitrogens is 2. The third kappa shape index (κ3) is 7.38. The SMILES string of the molecule is CCCNC(=O)Nc1ccc2c(c1)OC[C@@H](C)N(Cc1cncnc1)C[C@H](C)[C@H](OC)CN(C)C2=O. The van der Waals surface area contributed by atoms with Crippen LogP contribution in [0, 0.1) is 5.92 Å². The summed E-state index contributed by atoms with van der Waals surface area (Å²) in [6.07, 6.45) is 5.85. The van der Waals surface area contributed by atoms with Crippen LogP contribution >= 0.6 is 0 Å². The van der Waals surface area contributed by atoms with Crippen molar-refractivity contribution in [3.05, 3.63) is 48.0 Å². The molecule has 2 aromatic rings. The molecule has 0 saturated heterocycles. The molecule has 0 unspecified atom stereocenters. The predicted molar refractivity (Wildman–Crippen MR) is 138 cm³/mol. The molecule has 0 spiro atoms. The van der Waals surface area contributed by atoms with Gasteiger partial charge in [-0.3, -0.25) is 9.69 Å². The van der Waals surface area contributed by atoms with Crippen molar-refractivity contribution < 1.29 is 19.1 Å². The first kappa shape index (κ1) is 27.3. The Bertz CT molecular complexity index is 1010. The van der Waals surface area contributed by atoms with E-state index in [1.54, 1.807) is 37.3 Å². The molecule has 1 aromatic heterocycles. The number of benzene rings is 1. The standard InChI is InChI=1S/C26H38N6O4/c1-6-9-29-26(34)30-21-7-8-22-23(10-21)36-16-19(3)32(14-20-11-27-17-28-12-20)13-18(2)24(35-5)15-31(4)25(22)33/h7-8,10-12,17-19,24H,6,9,13-16H2,1-5H3,(H2,29,30,34)/t18-,19+,24+/m0/s1. The van der Waals surface area contributed by atoms with E-state index in [0.29, 0.717) is 43.2 Å². The summed E-state index contributed by atoms with van der Waals surface area (Å²) in [5.74, 6) is 0.426. The number of anilines is 1. The fraction of sp³-hybridized carbons (Fsp3) is 0.538. The number of fused-ring (bicyclic) bond motifs is 1. The van der Waals surface area contributed by atoms with Gasteiger partial charge in [0.2, 0.25) is 0 Å². The number of hydrogen-bond donors (Lipinski definition) is 2. The summed E-state index contributed by atoms with van der Waals surface area (Å²) in [4.78, 5) is 37.8. The monoisotopic (exact) mass is 498 g/mol. The molecule has 0 radical (unpaired) electrons. The summed E-state index contributed by atoms with van der Waals surface area (Å²) in [6, 6.07) is 4.85. The third-order valence-corrected chi connectivity index (χ3v) is 6.37. The van der Waals surface area contributed by atoms with Crippen LogP contribution in [0.3, 0.4) is 0 Å². The van der Waals surface area contributed by atoms with Crippen LogP contribution in [0.4, 0.5) is 10.5 Å². The Labute approximate surface area is 213 Å². The Morgan fingerprint density at radius 1 is 1.22 bits per heavy atom. The molecule has 36 heavy (non-hydrogen) atoms. The van der Waals surface area contributed by atoms with Crippen molar-refractivity contribution in [1.82, 2.24) is 25.1 Å². The first-order chi connectivity index (χ1) is 17.3. The Morgan fingerprint density at radius 2 is 1.97 bits per heavy atom. The van der Waals surface area contributed by atoms with Crippen molar-refractivity contribution in [3.8, 4) is 5.75 Å². The van der Waals surface area contributed by atoms with Gasteiger partial charge in [0.25, 0.3) is 5.91 Å². The molecule has 3 rings (SSSR count). The highest BCUT2D eigenvalue weighted by molar-refractivity contribution is 5.98. The van der Waals surface area contributed by atoms with E-state index in [1.165, 1.54) is 6.33 Å². The van der Waals surface area contributed by atoms with Crippen LogP contribution in [0.25, 0.3) is 0 Å². The second-order valence-corrected chi connectivity index (χ2v) is 9.37. The summed E-state index contributed by atoms with van der Waals surface area (Å²) in [5.41, 5.74) is 2.00. The van der Waals surface area contributed by atoms with E-state index in [2.05, 4.69) is 39.3 Å². The summed E-state index contributed by atoms with van der Waals surface area (Å²) in [6.45, 7) is 8.99. The second-order valence-electron chi connectivity index (χ2n) is 9.37. The number of methoxy groups -OCH3 is 1. The minimum atomic E-state index is -0.296. The molecule has 0 saturated carbocycles. The van der Waals surface area contributed by atoms with Gasteiger partial charge in [0, 0.05) is 76.1 Å². The highest BCUT2D eigenvalue weighted by Crippen LogP contribution is 2.27. The largest absolute Gasteiger partial charge is 0.491 e. The zero-order chi connectivity index (χ0) is 26.1. The first-order valence-electron chi connectivity index (χ1n) is 12.4. The average Bonchev–Trinajstić information content (AvgIpc) is 2.88. The quantitative estimate of drug-likeness (QED) is 0.630. The molecule has 1 aromatic carbocycles. The van der Waals surface area contributed by atoms with Gasteiger partial charge >= 0.3 is 6.03 Å². The van der Waals surface area contributed by atoms with Gasteiger partial charge in [0.05, 0.1) is 11.7 Å². The van der Waals surface area contributed by atoms with Gasteiger partial charge in [-0.15, -0.1) is 0 Å². The van der Waals surface area contributed by atoms with Gasteiger partial charge in [0.1, 0.15) is 18.7 Å². The van der Waals surface area contributed by atoms with Crippen molar-refractivity contribution in [2.75, 3.05) is 45.7 Å². The number of urea groups is 1. The topological polar surface area (TPSA) is 109 Å². The van der Waals surface area contributed by atoms with Crippen LogP contribution in [0.5, 0.6) is 5.75 Å². The average molecular weight is 499 g/mol. The predicted octanol–water partition coefficient (Wildman–Crippen LogP) is 3.01. The molecule has 0 fully saturated rings. The third-order valence-electron chi connectivity index (χ3n) is 6.37. The van der Waals surface area contributed by atoms with E-state index in [9.17, 15) is 9.59 Å².